The summed E-state index contributed by atoms with van der Waals surface area (Å²) in [5.41, 5.74) is 2.44. The molecule has 0 fully saturated rings. The maximum atomic E-state index is 12.6. The molecule has 1 N–H and O–H groups in total. The smallest absolute Gasteiger partial charge is 0.259 e. The molecule has 1 amide bonds. The second kappa shape index (κ2) is 9.48. The number of unbranched alkanes of at least 4 members (excludes halogenated alkanes) is 3. The molecule has 128 valence electrons. The van der Waals surface area contributed by atoms with Crippen LogP contribution in [0.4, 0.5) is 5.69 Å². The van der Waals surface area contributed by atoms with Crippen molar-refractivity contribution in [2.75, 3.05) is 11.9 Å². The fourth-order valence-corrected chi connectivity index (χ4v) is 2.99. The number of nitrogens with one attached hydrogen (secondary N) is 1. The summed E-state index contributed by atoms with van der Waals surface area (Å²) < 4.78 is 6.69. The van der Waals surface area contributed by atoms with Gasteiger partial charge in [0.2, 0.25) is 0 Å². The number of anilines is 1. The minimum absolute atomic E-state index is 0.163. The maximum Gasteiger partial charge on any atom is 0.259 e. The summed E-state index contributed by atoms with van der Waals surface area (Å²) in [5.74, 6) is 0.471. The first-order chi connectivity index (χ1) is 11.6. The predicted octanol–water partition coefficient (Wildman–Crippen LogP) is 5.97. The second-order valence-electron chi connectivity index (χ2n) is 5.84. The molecule has 0 radical (unpaired) electrons. The molecular formula is C20H24BrNO2. The minimum Gasteiger partial charge on any atom is -0.493 e. The van der Waals surface area contributed by atoms with Gasteiger partial charge in [0.25, 0.3) is 5.91 Å². The summed E-state index contributed by atoms with van der Waals surface area (Å²) in [6.07, 6.45) is 4.58. The van der Waals surface area contributed by atoms with Gasteiger partial charge in [0.1, 0.15) is 5.75 Å². The Kier molecular flexibility index (Phi) is 7.32. The number of amides is 1. The van der Waals surface area contributed by atoms with Crippen molar-refractivity contribution in [3.8, 4) is 5.75 Å². The van der Waals surface area contributed by atoms with Crippen molar-refractivity contribution < 1.29 is 9.53 Å². The Balaban J connectivity index is 2.03. The molecule has 3 nitrogen and oxygen atoms in total. The van der Waals surface area contributed by atoms with E-state index in [0.29, 0.717) is 17.9 Å². The molecule has 2 aromatic carbocycles. The highest BCUT2D eigenvalue weighted by Gasteiger charge is 2.13. The number of ether oxygens (including phenoxy) is 1. The normalized spacial score (nSPS) is 10.5. The molecule has 0 bridgehead atoms. The van der Waals surface area contributed by atoms with Crippen molar-refractivity contribution in [3.63, 3.8) is 0 Å². The highest BCUT2D eigenvalue weighted by Crippen LogP contribution is 2.26. The van der Waals surface area contributed by atoms with Crippen molar-refractivity contribution in [1.82, 2.24) is 0 Å². The quantitative estimate of drug-likeness (QED) is 0.564. The van der Waals surface area contributed by atoms with Crippen LogP contribution in [0.5, 0.6) is 5.75 Å². The third-order valence-electron chi connectivity index (χ3n) is 3.76. The third kappa shape index (κ3) is 5.38. The first-order valence-corrected chi connectivity index (χ1v) is 9.20. The average Bonchev–Trinajstić information content (AvgIpc) is 2.57. The molecule has 0 aromatic heterocycles. The Morgan fingerprint density at radius 3 is 2.67 bits per heavy atom. The molecule has 0 saturated carbocycles. The lowest BCUT2D eigenvalue weighted by Gasteiger charge is -2.12. The van der Waals surface area contributed by atoms with E-state index in [9.17, 15) is 4.79 Å². The molecule has 0 saturated heterocycles. The SMILES string of the molecule is CCCCCCOc1ccccc1C(=O)Nc1ccc(C)cc1Br. The van der Waals surface area contributed by atoms with E-state index >= 15 is 0 Å². The van der Waals surface area contributed by atoms with E-state index in [1.165, 1.54) is 12.8 Å². The van der Waals surface area contributed by atoms with Gasteiger partial charge in [0.05, 0.1) is 17.9 Å². The lowest BCUT2D eigenvalue weighted by molar-refractivity contribution is 0.102. The monoisotopic (exact) mass is 389 g/mol. The van der Waals surface area contributed by atoms with Crippen molar-refractivity contribution in [2.45, 2.75) is 39.5 Å². The van der Waals surface area contributed by atoms with Crippen molar-refractivity contribution in [1.29, 1.82) is 0 Å². The van der Waals surface area contributed by atoms with Crippen LogP contribution in [0.1, 0.15) is 48.5 Å². The zero-order chi connectivity index (χ0) is 17.4. The lowest BCUT2D eigenvalue weighted by Crippen LogP contribution is -2.14. The first kappa shape index (κ1) is 18.5. The highest BCUT2D eigenvalue weighted by molar-refractivity contribution is 9.10. The van der Waals surface area contributed by atoms with Crippen LogP contribution in [-0.4, -0.2) is 12.5 Å². The summed E-state index contributed by atoms with van der Waals surface area (Å²) in [6, 6.07) is 13.2. The number of halogens is 1. The molecular weight excluding hydrogens is 366 g/mol. The van der Waals surface area contributed by atoms with Gasteiger partial charge >= 0.3 is 0 Å². The Bertz CT molecular complexity index is 685. The van der Waals surface area contributed by atoms with Gasteiger partial charge in [0.15, 0.2) is 0 Å². The molecule has 0 unspecified atom stereocenters. The van der Waals surface area contributed by atoms with E-state index in [2.05, 4.69) is 28.2 Å². The first-order valence-electron chi connectivity index (χ1n) is 8.41. The highest BCUT2D eigenvalue weighted by atomic mass is 79.9. The van der Waals surface area contributed by atoms with Gasteiger partial charge in [-0.05, 0) is 59.1 Å². The Hall–Kier alpha value is -1.81. The Morgan fingerprint density at radius 1 is 1.12 bits per heavy atom. The largest absolute Gasteiger partial charge is 0.493 e. The summed E-state index contributed by atoms with van der Waals surface area (Å²) in [6.45, 7) is 4.83. The van der Waals surface area contributed by atoms with Crippen LogP contribution >= 0.6 is 15.9 Å². The molecule has 0 spiro atoms. The summed E-state index contributed by atoms with van der Waals surface area (Å²) in [5, 5.41) is 2.94. The number of para-hydroxylation sites is 1. The van der Waals surface area contributed by atoms with Crippen molar-refractivity contribution in [2.24, 2.45) is 0 Å². The second-order valence-corrected chi connectivity index (χ2v) is 6.70. The fourth-order valence-electron chi connectivity index (χ4n) is 2.40. The van der Waals surface area contributed by atoms with Gasteiger partial charge in [-0.3, -0.25) is 4.79 Å². The number of hydrogen-bond acceptors (Lipinski definition) is 2. The molecule has 0 aliphatic rings. The number of hydrogen-bond donors (Lipinski definition) is 1. The molecule has 2 rings (SSSR count). The van der Waals surface area contributed by atoms with Crippen LogP contribution in [-0.2, 0) is 0 Å². The van der Waals surface area contributed by atoms with E-state index in [1.807, 2.05) is 43.3 Å². The van der Waals surface area contributed by atoms with Crippen molar-refractivity contribution >= 4 is 27.5 Å². The van der Waals surface area contributed by atoms with Crippen LogP contribution in [0.15, 0.2) is 46.9 Å². The number of rotatable bonds is 8. The summed E-state index contributed by atoms with van der Waals surface area (Å²) >= 11 is 3.49. The van der Waals surface area contributed by atoms with Gasteiger partial charge in [-0.25, -0.2) is 0 Å². The predicted molar refractivity (Wildman–Crippen MR) is 103 cm³/mol. The van der Waals surface area contributed by atoms with Gasteiger partial charge in [-0.2, -0.15) is 0 Å². The van der Waals surface area contributed by atoms with Gasteiger partial charge in [-0.15, -0.1) is 0 Å². The zero-order valence-corrected chi connectivity index (χ0v) is 15.9. The average molecular weight is 390 g/mol. The van der Waals surface area contributed by atoms with Crippen molar-refractivity contribution in [3.05, 3.63) is 58.1 Å². The Labute approximate surface area is 152 Å². The van der Waals surface area contributed by atoms with Crippen LogP contribution in [0.3, 0.4) is 0 Å². The van der Waals surface area contributed by atoms with Gasteiger partial charge in [-0.1, -0.05) is 44.4 Å². The number of benzene rings is 2. The molecule has 24 heavy (non-hydrogen) atoms. The standard InChI is InChI=1S/C20H24BrNO2/c1-3-4-5-8-13-24-19-10-7-6-9-16(19)20(23)22-18-12-11-15(2)14-17(18)21/h6-7,9-12,14H,3-5,8,13H2,1-2H3,(H,22,23). The topological polar surface area (TPSA) is 38.3 Å². The lowest BCUT2D eigenvalue weighted by atomic mass is 10.1. The number of carbonyl (C=O) groups is 1. The van der Waals surface area contributed by atoms with Gasteiger partial charge in [0, 0.05) is 4.47 Å². The molecule has 0 aliphatic heterocycles. The number of carbonyl (C=O) groups excluding carboxylic acids is 1. The van der Waals surface area contributed by atoms with Crippen LogP contribution in [0.2, 0.25) is 0 Å². The maximum absolute atomic E-state index is 12.6. The molecule has 0 heterocycles. The Morgan fingerprint density at radius 2 is 1.92 bits per heavy atom. The summed E-state index contributed by atoms with van der Waals surface area (Å²) in [7, 11) is 0. The molecule has 4 heteroatoms. The molecule has 0 atom stereocenters. The van der Waals surface area contributed by atoms with E-state index in [0.717, 1.165) is 28.6 Å². The molecule has 0 aliphatic carbocycles. The van der Waals surface area contributed by atoms with E-state index in [-0.39, 0.29) is 5.91 Å². The van der Waals surface area contributed by atoms with E-state index < -0.39 is 0 Å². The van der Waals surface area contributed by atoms with Gasteiger partial charge < -0.3 is 10.1 Å². The molecule has 2 aromatic rings. The summed E-state index contributed by atoms with van der Waals surface area (Å²) in [4.78, 5) is 12.6. The minimum atomic E-state index is -0.163. The van der Waals surface area contributed by atoms with Crippen LogP contribution in [0.25, 0.3) is 0 Å². The van der Waals surface area contributed by atoms with E-state index in [4.69, 9.17) is 4.74 Å². The van der Waals surface area contributed by atoms with Crippen LogP contribution in [0, 0.1) is 6.92 Å². The van der Waals surface area contributed by atoms with E-state index in [1.54, 1.807) is 6.07 Å². The number of aryl methyl sites for hydroxylation is 1. The fraction of sp³-hybridized carbons (Fsp3) is 0.350. The zero-order valence-electron chi connectivity index (χ0n) is 14.3. The third-order valence-corrected chi connectivity index (χ3v) is 4.42. The van der Waals surface area contributed by atoms with Crippen LogP contribution < -0.4 is 10.1 Å².